The zero-order chi connectivity index (χ0) is 28.1. The quantitative estimate of drug-likeness (QED) is 0.496. The minimum absolute atomic E-state index is 0.0403. The van der Waals surface area contributed by atoms with Gasteiger partial charge in [0.25, 0.3) is 0 Å². The van der Waals surface area contributed by atoms with Crippen LogP contribution in [0.25, 0.3) is 0 Å². The highest BCUT2D eigenvalue weighted by Crippen LogP contribution is 2.32. The molecule has 4 N–H and O–H groups in total. The summed E-state index contributed by atoms with van der Waals surface area (Å²) < 4.78 is 5.35. The lowest BCUT2D eigenvalue weighted by molar-refractivity contribution is -0.149. The molecular weight excluding hydrogens is 460 g/mol. The number of ether oxygens (including phenoxy) is 1. The second-order valence-corrected chi connectivity index (χ2v) is 12.1. The normalized spacial score (nSPS) is 13.8. The number of amides is 4. The Morgan fingerprint density at radius 2 is 1.53 bits per heavy atom. The van der Waals surface area contributed by atoms with Gasteiger partial charge in [-0.05, 0) is 86.8 Å². The number of nitrogens with two attached hydrogens (primary N) is 1. The maximum absolute atomic E-state index is 14.1. The van der Waals surface area contributed by atoms with Crippen LogP contribution in [0.3, 0.4) is 0 Å². The van der Waals surface area contributed by atoms with Crippen molar-refractivity contribution in [2.24, 2.45) is 5.73 Å². The van der Waals surface area contributed by atoms with Crippen LogP contribution >= 0.6 is 0 Å². The number of benzene rings is 1. The van der Waals surface area contributed by atoms with E-state index in [-0.39, 0.29) is 18.7 Å². The highest BCUT2D eigenvalue weighted by atomic mass is 16.6. The van der Waals surface area contributed by atoms with E-state index in [2.05, 4.69) is 10.6 Å². The van der Waals surface area contributed by atoms with E-state index in [0.717, 1.165) is 5.56 Å². The lowest BCUT2D eigenvalue weighted by Gasteiger charge is -2.44. The summed E-state index contributed by atoms with van der Waals surface area (Å²) in [4.78, 5) is 53.5. The van der Waals surface area contributed by atoms with Crippen molar-refractivity contribution in [1.82, 2.24) is 15.5 Å². The Hall–Kier alpha value is -3.10. The van der Waals surface area contributed by atoms with Gasteiger partial charge in [0.1, 0.15) is 17.7 Å². The van der Waals surface area contributed by atoms with Crippen molar-refractivity contribution in [2.75, 3.05) is 0 Å². The van der Waals surface area contributed by atoms with Crippen molar-refractivity contribution in [1.29, 1.82) is 0 Å². The first-order valence-electron chi connectivity index (χ1n) is 12.2. The number of nitrogens with zero attached hydrogens (tertiary/aromatic N) is 1. The summed E-state index contributed by atoms with van der Waals surface area (Å²) in [5.41, 5.74) is 4.67. The van der Waals surface area contributed by atoms with Gasteiger partial charge in [0.2, 0.25) is 17.7 Å². The monoisotopic (exact) mass is 504 g/mol. The molecule has 1 aromatic carbocycles. The molecule has 0 radical (unpaired) electrons. The van der Waals surface area contributed by atoms with Crippen LogP contribution in [0.5, 0.6) is 0 Å². The molecule has 0 saturated carbocycles. The Labute approximate surface area is 215 Å². The Morgan fingerprint density at radius 3 is 1.97 bits per heavy atom. The first kappa shape index (κ1) is 30.9. The number of carbonyl (C=O) groups is 4. The van der Waals surface area contributed by atoms with Gasteiger partial charge in [-0.15, -0.1) is 0 Å². The van der Waals surface area contributed by atoms with E-state index in [1.165, 1.54) is 4.90 Å². The average molecular weight is 505 g/mol. The fourth-order valence-electron chi connectivity index (χ4n) is 3.74. The molecule has 2 unspecified atom stereocenters. The second kappa shape index (κ2) is 11.8. The van der Waals surface area contributed by atoms with Gasteiger partial charge in [0.05, 0.1) is 0 Å². The Bertz CT molecular complexity index is 954. The van der Waals surface area contributed by atoms with E-state index in [0.29, 0.717) is 5.56 Å². The largest absolute Gasteiger partial charge is 0.444 e. The summed E-state index contributed by atoms with van der Waals surface area (Å²) >= 11 is 0. The topological polar surface area (TPSA) is 131 Å². The van der Waals surface area contributed by atoms with Gasteiger partial charge >= 0.3 is 6.09 Å². The smallest absolute Gasteiger partial charge is 0.408 e. The summed E-state index contributed by atoms with van der Waals surface area (Å²) in [7, 11) is 0. The van der Waals surface area contributed by atoms with Crippen LogP contribution in [-0.4, -0.2) is 51.4 Å². The minimum Gasteiger partial charge on any atom is -0.444 e. The molecule has 0 fully saturated rings. The molecule has 1 aromatic rings. The van der Waals surface area contributed by atoms with E-state index >= 15 is 0 Å². The molecule has 0 aromatic heterocycles. The Morgan fingerprint density at radius 1 is 0.972 bits per heavy atom. The standard InChI is InChI=1S/C27H44N4O5/c1-17-13-11-12-14-18(17)21(22(33)30-25(2,3)4)31(26(5,6)7)23(34)19(15-16-20(28)32)29-24(35)36-27(8,9)10/h11-14,19,21H,15-16H2,1-10H3,(H2,28,32)(H,29,35)(H,30,33). The molecule has 0 aliphatic carbocycles. The van der Waals surface area contributed by atoms with E-state index in [1.807, 2.05) is 72.7 Å². The van der Waals surface area contributed by atoms with Gasteiger partial charge < -0.3 is 26.0 Å². The van der Waals surface area contributed by atoms with Gasteiger partial charge in [0, 0.05) is 17.5 Å². The first-order chi connectivity index (χ1) is 16.2. The SMILES string of the molecule is Cc1ccccc1C(C(=O)NC(C)(C)C)N(C(=O)C(CCC(N)=O)NC(=O)OC(C)(C)C)C(C)(C)C. The summed E-state index contributed by atoms with van der Waals surface area (Å²) in [5.74, 6) is -1.49. The summed E-state index contributed by atoms with van der Waals surface area (Å²) in [6.45, 7) is 18.0. The van der Waals surface area contributed by atoms with Crippen LogP contribution in [0.1, 0.15) is 92.3 Å². The van der Waals surface area contributed by atoms with Crippen LogP contribution in [0.4, 0.5) is 4.79 Å². The fourth-order valence-corrected chi connectivity index (χ4v) is 3.74. The van der Waals surface area contributed by atoms with E-state index < -0.39 is 46.7 Å². The van der Waals surface area contributed by atoms with Crippen molar-refractivity contribution in [3.8, 4) is 0 Å². The van der Waals surface area contributed by atoms with Crippen molar-refractivity contribution in [2.45, 2.75) is 111 Å². The van der Waals surface area contributed by atoms with Crippen LogP contribution < -0.4 is 16.4 Å². The molecule has 2 atom stereocenters. The highest BCUT2D eigenvalue weighted by molar-refractivity contribution is 5.93. The third-order valence-electron chi connectivity index (χ3n) is 5.12. The molecule has 0 bridgehead atoms. The van der Waals surface area contributed by atoms with Crippen LogP contribution in [0.15, 0.2) is 24.3 Å². The molecule has 202 valence electrons. The maximum atomic E-state index is 14.1. The van der Waals surface area contributed by atoms with Crippen molar-refractivity contribution in [3.05, 3.63) is 35.4 Å². The zero-order valence-corrected chi connectivity index (χ0v) is 23.4. The summed E-state index contributed by atoms with van der Waals surface area (Å²) in [5, 5.41) is 5.59. The zero-order valence-electron chi connectivity index (χ0n) is 23.4. The number of rotatable bonds is 8. The Balaban J connectivity index is 3.63. The van der Waals surface area contributed by atoms with Crippen LogP contribution in [0.2, 0.25) is 0 Å². The summed E-state index contributed by atoms with van der Waals surface area (Å²) in [6, 6.07) is 5.24. The van der Waals surface area contributed by atoms with E-state index in [4.69, 9.17) is 10.5 Å². The first-order valence-corrected chi connectivity index (χ1v) is 12.2. The third-order valence-corrected chi connectivity index (χ3v) is 5.12. The van der Waals surface area contributed by atoms with Crippen LogP contribution in [0, 0.1) is 6.92 Å². The molecule has 9 heteroatoms. The van der Waals surface area contributed by atoms with Gasteiger partial charge in [-0.1, -0.05) is 24.3 Å². The molecule has 0 saturated heterocycles. The number of hydrogen-bond donors (Lipinski definition) is 3. The predicted molar refractivity (Wildman–Crippen MR) is 140 cm³/mol. The lowest BCUT2D eigenvalue weighted by Crippen LogP contribution is -2.59. The maximum Gasteiger partial charge on any atom is 0.408 e. The number of primary amides is 1. The second-order valence-electron chi connectivity index (χ2n) is 12.1. The molecule has 4 amide bonds. The van der Waals surface area contributed by atoms with Gasteiger partial charge in [0.15, 0.2) is 0 Å². The average Bonchev–Trinajstić information content (AvgIpc) is 2.65. The molecule has 0 spiro atoms. The van der Waals surface area contributed by atoms with Gasteiger partial charge in [-0.2, -0.15) is 0 Å². The molecule has 0 heterocycles. The Kier molecular flexibility index (Phi) is 10.1. The van der Waals surface area contributed by atoms with Crippen LogP contribution in [-0.2, 0) is 19.1 Å². The number of alkyl carbamates (subject to hydrolysis) is 1. The molecule has 9 nitrogen and oxygen atoms in total. The molecular formula is C27H44N4O5. The van der Waals surface area contributed by atoms with E-state index in [1.54, 1.807) is 20.8 Å². The number of carbonyl (C=O) groups excluding carboxylic acids is 4. The number of nitrogens with one attached hydrogen (secondary N) is 2. The highest BCUT2D eigenvalue weighted by Gasteiger charge is 2.43. The fraction of sp³-hybridized carbons (Fsp3) is 0.630. The summed E-state index contributed by atoms with van der Waals surface area (Å²) in [6.07, 6.45) is -0.972. The van der Waals surface area contributed by atoms with E-state index in [9.17, 15) is 19.2 Å². The van der Waals surface area contributed by atoms with Crippen molar-refractivity contribution >= 4 is 23.8 Å². The molecule has 1 rings (SSSR count). The number of hydrogen-bond acceptors (Lipinski definition) is 5. The predicted octanol–water partition coefficient (Wildman–Crippen LogP) is 3.74. The number of aryl methyl sites for hydroxylation is 1. The van der Waals surface area contributed by atoms with Crippen molar-refractivity contribution < 1.29 is 23.9 Å². The lowest BCUT2D eigenvalue weighted by atomic mass is 9.92. The minimum atomic E-state index is -1.14. The third kappa shape index (κ3) is 9.87. The molecule has 36 heavy (non-hydrogen) atoms. The van der Waals surface area contributed by atoms with Crippen molar-refractivity contribution in [3.63, 3.8) is 0 Å². The molecule has 0 aliphatic rings. The molecule has 0 aliphatic heterocycles. The van der Waals surface area contributed by atoms with Gasteiger partial charge in [-0.25, -0.2) is 4.79 Å². The van der Waals surface area contributed by atoms with Gasteiger partial charge in [-0.3, -0.25) is 14.4 Å².